The second-order valence-corrected chi connectivity index (χ2v) is 7.17. The van der Waals surface area contributed by atoms with Gasteiger partial charge in [-0.25, -0.2) is 9.97 Å². The van der Waals surface area contributed by atoms with Gasteiger partial charge in [-0.15, -0.1) is 0 Å². The monoisotopic (exact) mass is 373 g/mol. The number of nitrogen functional groups attached to an aromatic ring is 1. The van der Waals surface area contributed by atoms with Crippen LogP contribution in [0.4, 0.5) is 17.2 Å². The number of rotatable bonds is 3. The van der Waals surface area contributed by atoms with E-state index in [0.717, 1.165) is 24.5 Å². The number of nitrogens with two attached hydrogens (primary N) is 1. The highest BCUT2D eigenvalue weighted by Crippen LogP contribution is 2.35. The second-order valence-electron chi connectivity index (χ2n) is 7.17. The zero-order chi connectivity index (χ0) is 19.5. The molecule has 28 heavy (non-hydrogen) atoms. The Morgan fingerprint density at radius 1 is 1.00 bits per heavy atom. The lowest BCUT2D eigenvalue weighted by molar-refractivity contribution is 0.0980. The van der Waals surface area contributed by atoms with Gasteiger partial charge in [-0.3, -0.25) is 4.79 Å². The summed E-state index contributed by atoms with van der Waals surface area (Å²) in [4.78, 5) is 25.6. The summed E-state index contributed by atoms with van der Waals surface area (Å²) >= 11 is 0. The minimum atomic E-state index is -0.216. The van der Waals surface area contributed by atoms with Gasteiger partial charge in [-0.2, -0.15) is 0 Å². The lowest BCUT2D eigenvalue weighted by atomic mass is 10.1. The molecule has 142 valence electrons. The highest BCUT2D eigenvalue weighted by atomic mass is 16.2. The van der Waals surface area contributed by atoms with Crippen LogP contribution in [0, 0.1) is 5.92 Å². The van der Waals surface area contributed by atoms with Gasteiger partial charge in [0.15, 0.2) is 11.5 Å². The summed E-state index contributed by atoms with van der Waals surface area (Å²) in [6.45, 7) is 4.39. The first-order chi connectivity index (χ1) is 13.6. The van der Waals surface area contributed by atoms with Crippen molar-refractivity contribution < 1.29 is 4.79 Å². The van der Waals surface area contributed by atoms with Crippen molar-refractivity contribution in [1.82, 2.24) is 9.97 Å². The minimum absolute atomic E-state index is 0.156. The Morgan fingerprint density at radius 2 is 1.68 bits per heavy atom. The van der Waals surface area contributed by atoms with Crippen molar-refractivity contribution >= 4 is 23.1 Å². The second kappa shape index (κ2) is 7.68. The third kappa shape index (κ3) is 3.53. The van der Waals surface area contributed by atoms with E-state index in [1.807, 2.05) is 24.3 Å². The Morgan fingerprint density at radius 3 is 2.43 bits per heavy atom. The smallest absolute Gasteiger partial charge is 0.280 e. The molecule has 1 atom stereocenters. The summed E-state index contributed by atoms with van der Waals surface area (Å²) in [6, 6.07) is 18.4. The van der Waals surface area contributed by atoms with Crippen LogP contribution in [0.2, 0.25) is 0 Å². The highest BCUT2D eigenvalue weighted by molar-refractivity contribution is 6.09. The van der Waals surface area contributed by atoms with Crippen LogP contribution in [0.1, 0.15) is 23.0 Å². The van der Waals surface area contributed by atoms with Gasteiger partial charge in [0.05, 0.1) is 11.4 Å². The minimum Gasteiger partial charge on any atom is -0.382 e. The quantitative estimate of drug-likeness (QED) is 0.762. The molecule has 6 heteroatoms. The number of amides is 1. The number of benzene rings is 2. The molecule has 0 aliphatic carbocycles. The summed E-state index contributed by atoms with van der Waals surface area (Å²) in [5, 5.41) is 0. The molecule has 0 spiro atoms. The van der Waals surface area contributed by atoms with E-state index in [2.05, 4.69) is 52.1 Å². The van der Waals surface area contributed by atoms with Crippen molar-refractivity contribution in [2.45, 2.75) is 13.5 Å². The molecule has 1 aliphatic rings. The lowest BCUT2D eigenvalue weighted by Gasteiger charge is -2.27. The number of fused-ring (bicyclic) bond motifs is 1. The molecule has 0 fully saturated rings. The molecule has 0 radical (unpaired) electrons. The van der Waals surface area contributed by atoms with E-state index >= 15 is 0 Å². The number of aromatic nitrogens is 2. The fourth-order valence-corrected chi connectivity index (χ4v) is 3.69. The number of carbonyl (C=O) groups excluding carboxylic acids is 1. The van der Waals surface area contributed by atoms with Crippen LogP contribution in [-0.2, 0) is 6.54 Å². The third-order valence-electron chi connectivity index (χ3n) is 4.93. The molecule has 0 unspecified atom stereocenters. The average molecular weight is 373 g/mol. The summed E-state index contributed by atoms with van der Waals surface area (Å²) in [6.07, 6.45) is 2.99. The fraction of sp³-hybridized carbons (Fsp3) is 0.227. The maximum Gasteiger partial charge on any atom is 0.280 e. The Hall–Kier alpha value is -3.41. The molecule has 1 aromatic heterocycles. The van der Waals surface area contributed by atoms with Gasteiger partial charge >= 0.3 is 0 Å². The largest absolute Gasteiger partial charge is 0.382 e. The first-order valence-corrected chi connectivity index (χ1v) is 9.39. The molecular formula is C22H23N5O. The standard InChI is InChI=1S/C22H23N5O/c1-16-13-26(15-17-7-3-2-4-8-17)18-9-5-6-10-19(18)27(14-16)22(28)20-21(23)25-12-11-24-20/h2-12,16H,13-15H2,1H3,(H2,23,25)/t16-/m0/s1. The number of hydrogen-bond donors (Lipinski definition) is 1. The third-order valence-corrected chi connectivity index (χ3v) is 4.93. The van der Waals surface area contributed by atoms with Crippen molar-refractivity contribution in [3.63, 3.8) is 0 Å². The molecule has 3 aromatic rings. The van der Waals surface area contributed by atoms with Crippen LogP contribution in [-0.4, -0.2) is 29.0 Å². The Balaban J connectivity index is 1.73. The van der Waals surface area contributed by atoms with Crippen molar-refractivity contribution in [1.29, 1.82) is 0 Å². The Bertz CT molecular complexity index is 975. The van der Waals surface area contributed by atoms with Crippen LogP contribution in [0.25, 0.3) is 0 Å². The lowest BCUT2D eigenvalue weighted by Crippen LogP contribution is -2.36. The van der Waals surface area contributed by atoms with E-state index in [-0.39, 0.29) is 23.3 Å². The van der Waals surface area contributed by atoms with Gasteiger partial charge < -0.3 is 15.5 Å². The van der Waals surface area contributed by atoms with E-state index in [4.69, 9.17) is 5.73 Å². The topological polar surface area (TPSA) is 75.3 Å². The summed E-state index contributed by atoms with van der Waals surface area (Å²) in [5.74, 6) is 0.215. The Kier molecular flexibility index (Phi) is 4.93. The van der Waals surface area contributed by atoms with Gasteiger partial charge in [-0.1, -0.05) is 49.4 Å². The average Bonchev–Trinajstić information content (AvgIpc) is 2.85. The number of hydrogen-bond acceptors (Lipinski definition) is 5. The van der Waals surface area contributed by atoms with E-state index in [9.17, 15) is 4.79 Å². The van der Waals surface area contributed by atoms with Crippen molar-refractivity contribution in [2.24, 2.45) is 5.92 Å². The molecule has 1 aliphatic heterocycles. The van der Waals surface area contributed by atoms with E-state index in [1.165, 1.54) is 18.0 Å². The number of para-hydroxylation sites is 2. The number of nitrogens with zero attached hydrogens (tertiary/aromatic N) is 4. The van der Waals surface area contributed by atoms with Crippen LogP contribution in [0.3, 0.4) is 0 Å². The Labute approximate surface area is 164 Å². The van der Waals surface area contributed by atoms with E-state index in [0.29, 0.717) is 6.54 Å². The van der Waals surface area contributed by atoms with Gasteiger partial charge in [-0.05, 0) is 23.6 Å². The van der Waals surface area contributed by atoms with Crippen LogP contribution in [0.15, 0.2) is 67.0 Å². The zero-order valence-electron chi connectivity index (χ0n) is 15.8. The molecule has 4 rings (SSSR count). The van der Waals surface area contributed by atoms with Crippen molar-refractivity contribution in [2.75, 3.05) is 28.6 Å². The SMILES string of the molecule is C[C@H]1CN(Cc2ccccc2)c2ccccc2N(C(=O)c2nccnc2N)C1. The molecule has 2 heterocycles. The summed E-state index contributed by atoms with van der Waals surface area (Å²) in [5.41, 5.74) is 9.26. The van der Waals surface area contributed by atoms with Gasteiger partial charge in [0.2, 0.25) is 0 Å². The highest BCUT2D eigenvalue weighted by Gasteiger charge is 2.30. The van der Waals surface area contributed by atoms with Crippen molar-refractivity contribution in [3.8, 4) is 0 Å². The summed E-state index contributed by atoms with van der Waals surface area (Å²) < 4.78 is 0. The van der Waals surface area contributed by atoms with Gasteiger partial charge in [0.25, 0.3) is 5.91 Å². The first-order valence-electron chi connectivity index (χ1n) is 9.39. The van der Waals surface area contributed by atoms with Crippen molar-refractivity contribution in [3.05, 3.63) is 78.2 Å². The molecule has 6 nitrogen and oxygen atoms in total. The maximum atomic E-state index is 13.3. The van der Waals surface area contributed by atoms with Gasteiger partial charge in [0, 0.05) is 32.0 Å². The predicted octanol–water partition coefficient (Wildman–Crippen LogP) is 3.36. The van der Waals surface area contributed by atoms with E-state index < -0.39 is 0 Å². The molecule has 2 aromatic carbocycles. The normalized spacial score (nSPS) is 16.4. The molecule has 0 bridgehead atoms. The molecule has 1 amide bonds. The zero-order valence-corrected chi connectivity index (χ0v) is 15.8. The van der Waals surface area contributed by atoms with E-state index in [1.54, 1.807) is 4.90 Å². The van der Waals surface area contributed by atoms with Crippen LogP contribution in [0.5, 0.6) is 0 Å². The van der Waals surface area contributed by atoms with Crippen LogP contribution < -0.4 is 15.5 Å². The maximum absolute atomic E-state index is 13.3. The molecular weight excluding hydrogens is 350 g/mol. The molecule has 2 N–H and O–H groups in total. The number of carbonyl (C=O) groups is 1. The predicted molar refractivity (Wildman–Crippen MR) is 111 cm³/mol. The number of anilines is 3. The molecule has 0 saturated carbocycles. The molecule has 0 saturated heterocycles. The summed E-state index contributed by atoms with van der Waals surface area (Å²) in [7, 11) is 0. The first kappa shape index (κ1) is 18.0. The van der Waals surface area contributed by atoms with Crippen LogP contribution >= 0.6 is 0 Å². The fourth-order valence-electron chi connectivity index (χ4n) is 3.69. The van der Waals surface area contributed by atoms with Gasteiger partial charge in [0.1, 0.15) is 0 Å².